The van der Waals surface area contributed by atoms with E-state index in [0.29, 0.717) is 0 Å². The minimum Gasteiger partial charge on any atom is -0.291 e. The van der Waals surface area contributed by atoms with Gasteiger partial charge in [0.05, 0.1) is 16.7 Å². The van der Waals surface area contributed by atoms with Crippen molar-refractivity contribution in [3.8, 4) is 39.3 Å². The second-order valence-electron chi connectivity index (χ2n) is 10.1. The molecule has 0 saturated heterocycles. The Labute approximate surface area is 234 Å². The van der Waals surface area contributed by atoms with Crippen LogP contribution in [0.3, 0.4) is 0 Å². The van der Waals surface area contributed by atoms with Crippen molar-refractivity contribution in [2.75, 3.05) is 0 Å². The number of hydrogen-bond donors (Lipinski definition) is 0. The maximum atomic E-state index is 8.54. The Morgan fingerprint density at radius 3 is 2.00 bits per heavy atom. The number of thiophene rings is 1. The Morgan fingerprint density at radius 2 is 1.33 bits per heavy atom. The van der Waals surface area contributed by atoms with Gasteiger partial charge in [-0.1, -0.05) is 117 Å². The Bertz CT molecular complexity index is 1920. The van der Waals surface area contributed by atoms with Gasteiger partial charge in [-0.15, -0.1) is 11.3 Å². The van der Waals surface area contributed by atoms with Crippen LogP contribution in [0.1, 0.15) is 26.7 Å². The smallest absolute Gasteiger partial charge is 0.147 e. The zero-order valence-corrected chi connectivity index (χ0v) is 22.7. The Kier molecular flexibility index (Phi) is 5.59. The third-order valence-corrected chi connectivity index (χ3v) is 8.33. The van der Waals surface area contributed by atoms with Crippen molar-refractivity contribution in [1.29, 1.82) is 0 Å². The number of rotatable bonds is 5. The molecule has 2 nitrogen and oxygen atoms in total. The van der Waals surface area contributed by atoms with E-state index in [9.17, 15) is 0 Å². The second kappa shape index (κ2) is 9.68. The molecule has 0 N–H and O–H groups in total. The molecule has 5 aromatic carbocycles. The Balaban J connectivity index is 1.58. The normalized spacial score (nSPS) is 12.2. The molecule has 0 spiro atoms. The summed E-state index contributed by atoms with van der Waals surface area (Å²) >= 11 is 1.72. The summed E-state index contributed by atoms with van der Waals surface area (Å²) in [6.07, 6.45) is 0. The lowest BCUT2D eigenvalue weighted by molar-refractivity contribution is 0.869. The molecule has 7 aromatic rings. The molecule has 0 fully saturated rings. The summed E-state index contributed by atoms with van der Waals surface area (Å²) in [5.74, 6) is 0.274. The first-order chi connectivity index (χ1) is 19.5. The fraction of sp³-hybridized carbons (Fsp3) is 0.0833. The predicted molar refractivity (Wildman–Crippen MR) is 167 cm³/mol. The van der Waals surface area contributed by atoms with Crippen molar-refractivity contribution >= 4 is 32.5 Å². The SMILES string of the molecule is [2H]C(C)(C)c1ccc2c(-c3nc4ccccc4n3-c3c(-c4ccccc4)cccc3-c3ccccc3)csc2c1. The summed E-state index contributed by atoms with van der Waals surface area (Å²) in [5.41, 5.74) is 9.91. The van der Waals surface area contributed by atoms with Crippen molar-refractivity contribution in [1.82, 2.24) is 9.55 Å². The first-order valence-corrected chi connectivity index (χ1v) is 14.1. The maximum Gasteiger partial charge on any atom is 0.147 e. The van der Waals surface area contributed by atoms with Crippen molar-refractivity contribution in [3.63, 3.8) is 0 Å². The predicted octanol–water partition coefficient (Wildman–Crippen LogP) is 10.4. The molecule has 0 unspecified atom stereocenters. The average molecular weight is 522 g/mol. The van der Waals surface area contributed by atoms with Crippen molar-refractivity contribution < 1.29 is 1.37 Å². The average Bonchev–Trinajstić information content (AvgIpc) is 3.58. The fourth-order valence-electron chi connectivity index (χ4n) is 5.43. The van der Waals surface area contributed by atoms with Gasteiger partial charge in [0.1, 0.15) is 5.82 Å². The molecule has 2 aromatic heterocycles. The zero-order chi connectivity index (χ0) is 27.3. The van der Waals surface area contributed by atoms with Crippen molar-refractivity contribution in [3.05, 3.63) is 132 Å². The van der Waals surface area contributed by atoms with E-state index in [0.717, 1.165) is 61.3 Å². The number of aromatic nitrogens is 2. The molecule has 39 heavy (non-hydrogen) atoms. The van der Waals surface area contributed by atoms with Crippen LogP contribution in [0.2, 0.25) is 0 Å². The minimum atomic E-state index is -0.648. The van der Waals surface area contributed by atoms with E-state index < -0.39 is 5.89 Å². The summed E-state index contributed by atoms with van der Waals surface area (Å²) < 4.78 is 12.1. The van der Waals surface area contributed by atoms with Crippen LogP contribution in [-0.4, -0.2) is 9.55 Å². The van der Waals surface area contributed by atoms with Gasteiger partial charge in [0.15, 0.2) is 0 Å². The van der Waals surface area contributed by atoms with Gasteiger partial charge in [-0.2, -0.15) is 0 Å². The van der Waals surface area contributed by atoms with Crippen LogP contribution in [-0.2, 0) is 0 Å². The molecule has 0 aliphatic rings. The van der Waals surface area contributed by atoms with E-state index in [1.54, 1.807) is 11.3 Å². The Hall–Kier alpha value is -4.47. The fourth-order valence-corrected chi connectivity index (χ4v) is 6.41. The highest BCUT2D eigenvalue weighted by Crippen LogP contribution is 2.42. The number of para-hydroxylation sites is 3. The lowest BCUT2D eigenvalue weighted by atomic mass is 9.95. The van der Waals surface area contributed by atoms with E-state index in [4.69, 9.17) is 6.35 Å². The molecular weight excluding hydrogens is 492 g/mol. The van der Waals surface area contributed by atoms with Crippen molar-refractivity contribution in [2.45, 2.75) is 19.7 Å². The van der Waals surface area contributed by atoms with Gasteiger partial charge in [-0.25, -0.2) is 4.98 Å². The molecule has 0 atom stereocenters. The first-order valence-electron chi connectivity index (χ1n) is 13.7. The van der Waals surface area contributed by atoms with Gasteiger partial charge >= 0.3 is 0 Å². The lowest BCUT2D eigenvalue weighted by Gasteiger charge is -2.19. The van der Waals surface area contributed by atoms with Crippen LogP contribution in [0.25, 0.3) is 60.4 Å². The van der Waals surface area contributed by atoms with Crippen LogP contribution in [0.5, 0.6) is 0 Å². The Morgan fingerprint density at radius 1 is 0.692 bits per heavy atom. The molecule has 0 radical (unpaired) electrons. The number of benzene rings is 5. The number of imidazole rings is 1. The molecule has 3 heteroatoms. The standard InChI is InChI=1S/C36H28N2S/c1-24(2)27-20-21-30-31(23-39-34(30)22-27)36-37-32-18-9-10-19-33(32)38(36)35-28(25-12-5-3-6-13-25)16-11-17-29(35)26-14-7-4-8-15-26/h3-24H,1-2H3/i24D. The van der Waals surface area contributed by atoms with Crippen LogP contribution >= 0.6 is 11.3 Å². The van der Waals surface area contributed by atoms with E-state index >= 15 is 0 Å². The largest absolute Gasteiger partial charge is 0.291 e. The maximum absolute atomic E-state index is 8.54. The summed E-state index contributed by atoms with van der Waals surface area (Å²) in [6, 6.07) is 42.6. The van der Waals surface area contributed by atoms with Gasteiger partial charge in [-0.3, -0.25) is 4.57 Å². The summed E-state index contributed by atoms with van der Waals surface area (Å²) in [5, 5.41) is 3.38. The zero-order valence-electron chi connectivity index (χ0n) is 22.9. The molecule has 0 bridgehead atoms. The summed E-state index contributed by atoms with van der Waals surface area (Å²) in [7, 11) is 0. The molecule has 0 amide bonds. The highest BCUT2D eigenvalue weighted by molar-refractivity contribution is 7.17. The second-order valence-corrected chi connectivity index (χ2v) is 11.0. The number of nitrogens with zero attached hydrogens (tertiary/aromatic N) is 2. The van der Waals surface area contributed by atoms with Crippen LogP contribution in [0, 0.1) is 0 Å². The lowest BCUT2D eigenvalue weighted by Crippen LogP contribution is -2.03. The van der Waals surface area contributed by atoms with Crippen molar-refractivity contribution in [2.24, 2.45) is 0 Å². The molecule has 0 aliphatic carbocycles. The van der Waals surface area contributed by atoms with Gasteiger partial charge in [0, 0.05) is 33.5 Å². The monoisotopic (exact) mass is 521 g/mol. The van der Waals surface area contributed by atoms with Gasteiger partial charge in [0.2, 0.25) is 0 Å². The van der Waals surface area contributed by atoms with E-state index in [1.807, 2.05) is 13.8 Å². The molecule has 0 aliphatic heterocycles. The highest BCUT2D eigenvalue weighted by atomic mass is 32.1. The highest BCUT2D eigenvalue weighted by Gasteiger charge is 2.22. The van der Waals surface area contributed by atoms with Gasteiger partial charge < -0.3 is 0 Å². The molecule has 2 heterocycles. The third kappa shape index (κ3) is 4.07. The van der Waals surface area contributed by atoms with Gasteiger partial charge in [0.25, 0.3) is 0 Å². The number of fused-ring (bicyclic) bond motifs is 2. The minimum absolute atomic E-state index is 0.648. The van der Waals surface area contributed by atoms with Crippen LogP contribution in [0.4, 0.5) is 0 Å². The number of hydrogen-bond acceptors (Lipinski definition) is 2. The van der Waals surface area contributed by atoms with E-state index in [-0.39, 0.29) is 0 Å². The van der Waals surface area contributed by atoms with E-state index in [1.165, 1.54) is 4.70 Å². The summed E-state index contributed by atoms with van der Waals surface area (Å²) in [4.78, 5) is 5.25. The van der Waals surface area contributed by atoms with E-state index in [2.05, 4.69) is 131 Å². The quantitative estimate of drug-likeness (QED) is 0.220. The van der Waals surface area contributed by atoms with Crippen LogP contribution in [0.15, 0.2) is 127 Å². The molecule has 188 valence electrons. The molecule has 7 rings (SSSR count). The topological polar surface area (TPSA) is 17.8 Å². The first kappa shape index (κ1) is 22.5. The van der Waals surface area contributed by atoms with Crippen LogP contribution < -0.4 is 0 Å². The third-order valence-electron chi connectivity index (χ3n) is 7.38. The van der Waals surface area contributed by atoms with Gasteiger partial charge in [-0.05, 0) is 40.8 Å². The molecular formula is C36H28N2S. The summed E-state index contributed by atoms with van der Waals surface area (Å²) in [6.45, 7) is 3.88. The molecule has 0 saturated carbocycles.